The molecule has 0 N–H and O–H groups in total. The molecular weight excluding hydrogens is 294 g/mol. The molecule has 0 radical (unpaired) electrons. The number of hydrogen-bond donors (Lipinski definition) is 0. The van der Waals surface area contributed by atoms with Crippen LogP contribution in [0.1, 0.15) is 23.2 Å². The summed E-state index contributed by atoms with van der Waals surface area (Å²) < 4.78 is 10.5. The van der Waals surface area contributed by atoms with E-state index in [2.05, 4.69) is 11.0 Å². The Kier molecular flexibility index (Phi) is 6.24. The van der Waals surface area contributed by atoms with Crippen LogP contribution in [0, 0.1) is 11.3 Å². The van der Waals surface area contributed by atoms with Crippen molar-refractivity contribution in [2.45, 2.75) is 12.8 Å². The Morgan fingerprint density at radius 2 is 1.87 bits per heavy atom. The Labute approximate surface area is 137 Å². The first-order chi connectivity index (χ1) is 11.2. The quantitative estimate of drug-likeness (QED) is 0.748. The Hall–Kier alpha value is -2.26. The topological polar surface area (TPSA) is 65.8 Å². The second-order valence-electron chi connectivity index (χ2n) is 5.47. The third kappa shape index (κ3) is 4.36. The highest BCUT2D eigenvalue weighted by atomic mass is 16.5. The van der Waals surface area contributed by atoms with Crippen molar-refractivity contribution < 1.29 is 14.3 Å². The minimum Gasteiger partial charge on any atom is -0.493 e. The van der Waals surface area contributed by atoms with Crippen LogP contribution in [0.15, 0.2) is 18.2 Å². The number of carbonyl (C=O) groups is 1. The van der Waals surface area contributed by atoms with Crippen LogP contribution in [0.25, 0.3) is 0 Å². The molecule has 0 bridgehead atoms. The molecule has 0 atom stereocenters. The summed E-state index contributed by atoms with van der Waals surface area (Å²) in [6.45, 7) is 4.04. The average molecular weight is 317 g/mol. The average Bonchev–Trinajstić information content (AvgIpc) is 2.61. The molecule has 23 heavy (non-hydrogen) atoms. The van der Waals surface area contributed by atoms with Crippen LogP contribution < -0.4 is 9.47 Å². The molecule has 0 spiro atoms. The number of benzene rings is 1. The zero-order valence-electron chi connectivity index (χ0n) is 13.7. The van der Waals surface area contributed by atoms with Gasteiger partial charge in [-0.15, -0.1) is 0 Å². The predicted molar refractivity (Wildman–Crippen MR) is 86.7 cm³/mol. The molecule has 1 saturated heterocycles. The molecule has 1 amide bonds. The monoisotopic (exact) mass is 317 g/mol. The van der Waals surface area contributed by atoms with Gasteiger partial charge in [-0.2, -0.15) is 5.26 Å². The number of methoxy groups -OCH3 is 2. The molecule has 0 aliphatic carbocycles. The van der Waals surface area contributed by atoms with E-state index >= 15 is 0 Å². The van der Waals surface area contributed by atoms with E-state index in [0.29, 0.717) is 36.6 Å². The van der Waals surface area contributed by atoms with Crippen LogP contribution in [-0.4, -0.2) is 62.7 Å². The molecule has 1 aromatic carbocycles. The van der Waals surface area contributed by atoms with Gasteiger partial charge in [-0.05, 0) is 31.2 Å². The number of nitrogens with zero attached hydrogens (tertiary/aromatic N) is 3. The van der Waals surface area contributed by atoms with Crippen LogP contribution in [0.4, 0.5) is 0 Å². The van der Waals surface area contributed by atoms with E-state index in [0.717, 1.165) is 26.1 Å². The van der Waals surface area contributed by atoms with E-state index < -0.39 is 0 Å². The van der Waals surface area contributed by atoms with Crippen molar-refractivity contribution in [2.24, 2.45) is 0 Å². The van der Waals surface area contributed by atoms with E-state index in [1.165, 1.54) is 0 Å². The minimum absolute atomic E-state index is 0.0163. The van der Waals surface area contributed by atoms with Crippen molar-refractivity contribution in [3.63, 3.8) is 0 Å². The highest BCUT2D eigenvalue weighted by Gasteiger charge is 2.22. The van der Waals surface area contributed by atoms with E-state index in [9.17, 15) is 4.79 Å². The van der Waals surface area contributed by atoms with Crippen molar-refractivity contribution in [1.29, 1.82) is 5.26 Å². The third-order valence-corrected chi connectivity index (χ3v) is 4.05. The van der Waals surface area contributed by atoms with Gasteiger partial charge in [-0.25, -0.2) is 0 Å². The Morgan fingerprint density at radius 3 is 2.48 bits per heavy atom. The van der Waals surface area contributed by atoms with Gasteiger partial charge in [0.25, 0.3) is 5.91 Å². The normalized spacial score (nSPS) is 15.1. The maximum Gasteiger partial charge on any atom is 0.254 e. The Morgan fingerprint density at radius 1 is 1.17 bits per heavy atom. The van der Waals surface area contributed by atoms with Crippen LogP contribution in [0.5, 0.6) is 11.5 Å². The maximum absolute atomic E-state index is 12.6. The minimum atomic E-state index is 0.0163. The fourth-order valence-corrected chi connectivity index (χ4v) is 2.71. The summed E-state index contributed by atoms with van der Waals surface area (Å²) in [5.74, 6) is 1.20. The smallest absolute Gasteiger partial charge is 0.254 e. The van der Waals surface area contributed by atoms with Gasteiger partial charge in [0.1, 0.15) is 0 Å². The Bertz CT molecular complexity index is 575. The SMILES string of the molecule is COc1ccc(C(=O)N2CCN(CCCC#N)CC2)cc1OC. The largest absolute Gasteiger partial charge is 0.493 e. The summed E-state index contributed by atoms with van der Waals surface area (Å²) in [5, 5.41) is 8.58. The molecule has 0 aromatic heterocycles. The van der Waals surface area contributed by atoms with Crippen molar-refractivity contribution in [3.05, 3.63) is 23.8 Å². The second-order valence-corrected chi connectivity index (χ2v) is 5.47. The van der Waals surface area contributed by atoms with Gasteiger partial charge in [0.15, 0.2) is 11.5 Å². The highest BCUT2D eigenvalue weighted by molar-refractivity contribution is 5.95. The van der Waals surface area contributed by atoms with Crippen LogP contribution >= 0.6 is 0 Å². The number of ether oxygens (including phenoxy) is 2. The number of hydrogen-bond acceptors (Lipinski definition) is 5. The standard InChI is InChI=1S/C17H23N3O3/c1-22-15-6-5-14(13-16(15)23-2)17(21)20-11-9-19(10-12-20)8-4-3-7-18/h5-6,13H,3-4,8-12H2,1-2H3. The third-order valence-electron chi connectivity index (χ3n) is 4.05. The number of amides is 1. The summed E-state index contributed by atoms with van der Waals surface area (Å²) in [5.41, 5.74) is 0.612. The van der Waals surface area contributed by atoms with Gasteiger partial charge in [-0.1, -0.05) is 0 Å². The summed E-state index contributed by atoms with van der Waals surface area (Å²) in [6, 6.07) is 7.41. The molecule has 0 saturated carbocycles. The number of piperazine rings is 1. The van der Waals surface area contributed by atoms with Gasteiger partial charge in [0.05, 0.1) is 20.3 Å². The van der Waals surface area contributed by atoms with E-state index in [4.69, 9.17) is 14.7 Å². The lowest BCUT2D eigenvalue weighted by Crippen LogP contribution is -2.48. The van der Waals surface area contributed by atoms with Crippen LogP contribution in [-0.2, 0) is 0 Å². The molecular formula is C17H23N3O3. The molecule has 1 fully saturated rings. The maximum atomic E-state index is 12.6. The molecule has 0 unspecified atom stereocenters. The van der Waals surface area contributed by atoms with Crippen LogP contribution in [0.2, 0.25) is 0 Å². The van der Waals surface area contributed by atoms with E-state index in [-0.39, 0.29) is 5.91 Å². The lowest BCUT2D eigenvalue weighted by atomic mass is 10.1. The number of unbranched alkanes of at least 4 members (excludes halogenated alkanes) is 1. The first-order valence-electron chi connectivity index (χ1n) is 7.80. The first-order valence-corrected chi connectivity index (χ1v) is 7.80. The summed E-state index contributed by atoms with van der Waals surface area (Å²) >= 11 is 0. The summed E-state index contributed by atoms with van der Waals surface area (Å²) in [7, 11) is 3.14. The molecule has 1 aliphatic rings. The van der Waals surface area contributed by atoms with Gasteiger partial charge in [0.2, 0.25) is 0 Å². The summed E-state index contributed by atoms with van der Waals surface area (Å²) in [6.07, 6.45) is 1.48. The zero-order chi connectivity index (χ0) is 16.7. The van der Waals surface area contributed by atoms with Crippen molar-refractivity contribution >= 4 is 5.91 Å². The van der Waals surface area contributed by atoms with Crippen LogP contribution in [0.3, 0.4) is 0 Å². The van der Waals surface area contributed by atoms with Crippen molar-refractivity contribution in [1.82, 2.24) is 9.80 Å². The van der Waals surface area contributed by atoms with Gasteiger partial charge in [-0.3, -0.25) is 9.69 Å². The van der Waals surface area contributed by atoms with Gasteiger partial charge >= 0.3 is 0 Å². The molecule has 2 rings (SSSR count). The van der Waals surface area contributed by atoms with Gasteiger partial charge < -0.3 is 14.4 Å². The molecule has 6 heteroatoms. The predicted octanol–water partition coefficient (Wildman–Crippen LogP) is 1.77. The number of rotatable bonds is 6. The lowest BCUT2D eigenvalue weighted by molar-refractivity contribution is 0.0636. The lowest BCUT2D eigenvalue weighted by Gasteiger charge is -2.34. The van der Waals surface area contributed by atoms with E-state index in [1.54, 1.807) is 32.4 Å². The Balaban J connectivity index is 1.93. The molecule has 1 aromatic rings. The molecule has 124 valence electrons. The number of nitriles is 1. The zero-order valence-corrected chi connectivity index (χ0v) is 13.7. The highest BCUT2D eigenvalue weighted by Crippen LogP contribution is 2.28. The number of carbonyl (C=O) groups excluding carboxylic acids is 1. The molecule has 1 aliphatic heterocycles. The first kappa shape index (κ1) is 17.1. The van der Waals surface area contributed by atoms with E-state index in [1.807, 2.05) is 4.90 Å². The van der Waals surface area contributed by atoms with Gasteiger partial charge in [0, 0.05) is 38.2 Å². The second kappa shape index (κ2) is 8.39. The van der Waals surface area contributed by atoms with Crippen molar-refractivity contribution in [3.8, 4) is 17.6 Å². The van der Waals surface area contributed by atoms with Crippen molar-refractivity contribution in [2.75, 3.05) is 46.9 Å². The molecule has 1 heterocycles. The summed E-state index contributed by atoms with van der Waals surface area (Å²) in [4.78, 5) is 16.8. The fraction of sp³-hybridized carbons (Fsp3) is 0.529. The molecule has 6 nitrogen and oxygen atoms in total. The fourth-order valence-electron chi connectivity index (χ4n) is 2.71.